The molecule has 0 aromatic rings. The molecule has 3 aliphatic rings. The van der Waals surface area contributed by atoms with Crippen LogP contribution in [0.3, 0.4) is 0 Å². The molecular weight excluding hydrogens is 276 g/mol. The number of sulfone groups is 1. The van der Waals surface area contributed by atoms with Crippen molar-refractivity contribution in [1.29, 1.82) is 0 Å². The van der Waals surface area contributed by atoms with Crippen LogP contribution >= 0.6 is 0 Å². The normalized spacial score (nSPS) is 33.1. The van der Waals surface area contributed by atoms with Crippen molar-refractivity contribution in [2.24, 2.45) is 5.92 Å². The molecule has 114 valence electrons. The van der Waals surface area contributed by atoms with E-state index in [4.69, 9.17) is 0 Å². The highest BCUT2D eigenvalue weighted by Gasteiger charge is 2.38. The number of hydrogen-bond donors (Lipinski definition) is 1. The van der Waals surface area contributed by atoms with Crippen molar-refractivity contribution in [2.75, 3.05) is 18.8 Å². The first kappa shape index (κ1) is 14.2. The van der Waals surface area contributed by atoms with E-state index in [-0.39, 0.29) is 23.6 Å². The van der Waals surface area contributed by atoms with Gasteiger partial charge >= 0.3 is 6.03 Å². The average Bonchev–Trinajstić information content (AvgIpc) is 2.91. The monoisotopic (exact) mass is 300 g/mol. The molecule has 2 saturated heterocycles. The van der Waals surface area contributed by atoms with Gasteiger partial charge in [-0.1, -0.05) is 6.42 Å². The Morgan fingerprint density at radius 1 is 1.10 bits per heavy atom. The summed E-state index contributed by atoms with van der Waals surface area (Å²) in [7, 11) is -2.96. The Kier molecular flexibility index (Phi) is 3.93. The maximum atomic E-state index is 12.3. The molecule has 2 aliphatic heterocycles. The zero-order valence-corrected chi connectivity index (χ0v) is 12.7. The summed E-state index contributed by atoms with van der Waals surface area (Å²) >= 11 is 0. The third kappa shape index (κ3) is 2.67. The second kappa shape index (κ2) is 5.54. The lowest BCUT2D eigenvalue weighted by Gasteiger charge is -2.37. The van der Waals surface area contributed by atoms with Crippen molar-refractivity contribution in [3.05, 3.63) is 0 Å². The largest absolute Gasteiger partial charge is 0.337 e. The van der Waals surface area contributed by atoms with Crippen molar-refractivity contribution in [3.8, 4) is 0 Å². The number of hydrogen-bond acceptors (Lipinski definition) is 3. The van der Waals surface area contributed by atoms with Gasteiger partial charge in [0.15, 0.2) is 9.84 Å². The molecule has 0 aromatic heterocycles. The molecule has 2 atom stereocenters. The first-order valence-electron chi connectivity index (χ1n) is 7.84. The van der Waals surface area contributed by atoms with Crippen LogP contribution in [0.4, 0.5) is 4.79 Å². The molecular formula is C14H24N2O3S. The number of carbonyl (C=O) groups excluding carboxylic acids is 1. The molecule has 2 heterocycles. The average molecular weight is 300 g/mol. The van der Waals surface area contributed by atoms with Crippen LogP contribution in [0, 0.1) is 5.92 Å². The number of nitrogens with one attached hydrogen (secondary N) is 1. The predicted molar refractivity (Wildman–Crippen MR) is 77.3 cm³/mol. The third-order valence-electron chi connectivity index (χ3n) is 5.20. The van der Waals surface area contributed by atoms with Crippen molar-refractivity contribution < 1.29 is 13.2 Å². The molecule has 0 bridgehead atoms. The molecule has 0 aromatic carbocycles. The molecule has 1 aliphatic carbocycles. The van der Waals surface area contributed by atoms with E-state index >= 15 is 0 Å². The summed E-state index contributed by atoms with van der Waals surface area (Å²) in [6.07, 6.45) is 7.38. The van der Waals surface area contributed by atoms with E-state index < -0.39 is 9.84 Å². The van der Waals surface area contributed by atoms with Gasteiger partial charge in [-0.2, -0.15) is 0 Å². The lowest BCUT2D eigenvalue weighted by atomic mass is 9.79. The highest BCUT2D eigenvalue weighted by molar-refractivity contribution is 7.92. The van der Waals surface area contributed by atoms with Crippen LogP contribution in [0.2, 0.25) is 0 Å². The van der Waals surface area contributed by atoms with Crippen LogP contribution < -0.4 is 5.32 Å². The van der Waals surface area contributed by atoms with Crippen LogP contribution in [0.25, 0.3) is 0 Å². The Labute approximate surface area is 121 Å². The molecule has 1 N–H and O–H groups in total. The van der Waals surface area contributed by atoms with Crippen LogP contribution in [-0.2, 0) is 9.84 Å². The summed E-state index contributed by atoms with van der Waals surface area (Å²) in [6, 6.07) is 0.338. The number of rotatable bonds is 3. The summed E-state index contributed by atoms with van der Waals surface area (Å²) < 4.78 is 23.5. The van der Waals surface area contributed by atoms with Gasteiger partial charge in [-0.05, 0) is 44.4 Å². The highest BCUT2D eigenvalue weighted by atomic mass is 32.2. The molecule has 2 amide bonds. The second-order valence-corrected chi connectivity index (χ2v) is 8.81. The van der Waals surface area contributed by atoms with Crippen molar-refractivity contribution in [3.63, 3.8) is 0 Å². The molecule has 0 unspecified atom stereocenters. The molecule has 3 fully saturated rings. The fourth-order valence-corrected chi connectivity index (χ4v) is 5.51. The van der Waals surface area contributed by atoms with Gasteiger partial charge in [-0.25, -0.2) is 13.2 Å². The maximum absolute atomic E-state index is 12.3. The molecule has 0 spiro atoms. The second-order valence-electron chi connectivity index (χ2n) is 6.41. The fourth-order valence-electron chi connectivity index (χ4n) is 3.75. The first-order valence-corrected chi connectivity index (χ1v) is 9.55. The summed E-state index contributed by atoms with van der Waals surface area (Å²) in [6.45, 7) is 1.11. The minimum absolute atomic E-state index is 0.0542. The summed E-state index contributed by atoms with van der Waals surface area (Å²) in [5, 5.41) is 2.50. The Bertz CT molecular complexity index is 473. The number of nitrogens with zero attached hydrogens (tertiary/aromatic N) is 1. The van der Waals surface area contributed by atoms with Crippen LogP contribution in [0.1, 0.15) is 44.9 Å². The van der Waals surface area contributed by atoms with Crippen molar-refractivity contribution in [2.45, 2.75) is 56.2 Å². The quantitative estimate of drug-likeness (QED) is 0.859. The minimum Gasteiger partial charge on any atom is -0.337 e. The molecule has 0 radical (unpaired) electrons. The van der Waals surface area contributed by atoms with Gasteiger partial charge in [0.25, 0.3) is 0 Å². The Morgan fingerprint density at radius 3 is 2.50 bits per heavy atom. The Hall–Kier alpha value is -0.780. The van der Waals surface area contributed by atoms with Crippen molar-refractivity contribution >= 4 is 15.9 Å². The zero-order valence-electron chi connectivity index (χ0n) is 11.9. The summed E-state index contributed by atoms with van der Waals surface area (Å²) in [4.78, 5) is 14.2. The van der Waals surface area contributed by atoms with Gasteiger partial charge in [0.05, 0.1) is 11.0 Å². The smallest absolute Gasteiger partial charge is 0.317 e. The van der Waals surface area contributed by atoms with E-state index in [9.17, 15) is 13.2 Å². The van der Waals surface area contributed by atoms with E-state index in [1.165, 1.54) is 19.3 Å². The van der Waals surface area contributed by atoms with Crippen LogP contribution in [0.5, 0.6) is 0 Å². The first-order chi connectivity index (χ1) is 9.58. The number of likely N-dealkylation sites (tertiary alicyclic amines) is 1. The highest BCUT2D eigenvalue weighted by Crippen LogP contribution is 2.37. The van der Waals surface area contributed by atoms with Gasteiger partial charge in [0.2, 0.25) is 0 Å². The lowest BCUT2D eigenvalue weighted by molar-refractivity contribution is 0.139. The summed E-state index contributed by atoms with van der Waals surface area (Å²) in [5.74, 6) is 0.959. The van der Waals surface area contributed by atoms with E-state index in [1.54, 1.807) is 0 Å². The van der Waals surface area contributed by atoms with Gasteiger partial charge in [-0.15, -0.1) is 0 Å². The third-order valence-corrected chi connectivity index (χ3v) is 7.47. The van der Waals surface area contributed by atoms with Crippen molar-refractivity contribution in [1.82, 2.24) is 10.2 Å². The van der Waals surface area contributed by atoms with Gasteiger partial charge in [-0.3, -0.25) is 0 Å². The van der Waals surface area contributed by atoms with Gasteiger partial charge in [0, 0.05) is 19.1 Å². The Morgan fingerprint density at radius 2 is 1.90 bits per heavy atom. The van der Waals surface area contributed by atoms with Gasteiger partial charge in [0.1, 0.15) is 0 Å². The molecule has 6 heteroatoms. The topological polar surface area (TPSA) is 66.5 Å². The number of amides is 2. The molecule has 1 saturated carbocycles. The standard InChI is InChI=1S/C14H24N2O3S/c17-14(15-10-12-6-3-9-20(12,18)19)16-8-2-7-13(16)11-4-1-5-11/h11-13H,1-10H2,(H,15,17)/t12-,13+/m1/s1. The van der Waals surface area contributed by atoms with E-state index in [0.717, 1.165) is 25.8 Å². The molecule has 3 rings (SSSR count). The molecule has 5 nitrogen and oxygen atoms in total. The van der Waals surface area contributed by atoms with Crippen LogP contribution in [0.15, 0.2) is 0 Å². The predicted octanol–water partition coefficient (Wildman–Crippen LogP) is 1.54. The lowest BCUT2D eigenvalue weighted by Crippen LogP contribution is -2.48. The number of carbonyl (C=O) groups is 1. The van der Waals surface area contributed by atoms with E-state index in [0.29, 0.717) is 18.4 Å². The van der Waals surface area contributed by atoms with E-state index in [1.807, 2.05) is 4.90 Å². The number of urea groups is 1. The van der Waals surface area contributed by atoms with Crippen LogP contribution in [-0.4, -0.2) is 49.5 Å². The SMILES string of the molecule is O=C(NC[C@H]1CCCS1(=O)=O)N1CCC[C@H]1C1CCC1. The van der Waals surface area contributed by atoms with E-state index in [2.05, 4.69) is 5.32 Å². The fraction of sp³-hybridized carbons (Fsp3) is 0.929. The Balaban J connectivity index is 1.53. The zero-order chi connectivity index (χ0) is 14.2. The minimum atomic E-state index is -2.96. The maximum Gasteiger partial charge on any atom is 0.317 e. The van der Waals surface area contributed by atoms with Gasteiger partial charge < -0.3 is 10.2 Å². The molecule has 20 heavy (non-hydrogen) atoms. The summed E-state index contributed by atoms with van der Waals surface area (Å²) in [5.41, 5.74) is 0.